The average molecular weight is 437 g/mol. The highest BCUT2D eigenvalue weighted by molar-refractivity contribution is 8.01. The van der Waals surface area contributed by atoms with Crippen molar-refractivity contribution in [1.82, 2.24) is 0 Å². The van der Waals surface area contributed by atoms with Crippen molar-refractivity contribution in [3.05, 3.63) is 24.3 Å². The van der Waals surface area contributed by atoms with Crippen LogP contribution in [0.4, 0.5) is 0 Å². The number of hydrogen-bond donors (Lipinski definition) is 1. The maximum Gasteiger partial charge on any atom is 0.303 e. The molecule has 0 aromatic heterocycles. The number of fused-ring (bicyclic) bond motifs is 2. The van der Waals surface area contributed by atoms with E-state index in [1.165, 1.54) is 75.7 Å². The maximum atomic E-state index is 10.6. The lowest BCUT2D eigenvalue weighted by molar-refractivity contribution is -0.137. The predicted molar refractivity (Wildman–Crippen MR) is 129 cm³/mol. The van der Waals surface area contributed by atoms with Crippen LogP contribution in [0.5, 0.6) is 0 Å². The Balaban J connectivity index is 1.32. The van der Waals surface area contributed by atoms with Crippen molar-refractivity contribution >= 4 is 29.5 Å². The summed E-state index contributed by atoms with van der Waals surface area (Å²) < 4.78 is 0. The normalized spacial score (nSPS) is 30.5. The zero-order valence-electron chi connectivity index (χ0n) is 18.0. The molecule has 2 nitrogen and oxygen atoms in total. The van der Waals surface area contributed by atoms with E-state index in [0.29, 0.717) is 6.42 Å². The minimum absolute atomic E-state index is 0.295. The van der Waals surface area contributed by atoms with Gasteiger partial charge < -0.3 is 5.11 Å². The monoisotopic (exact) mass is 436 g/mol. The Morgan fingerprint density at radius 3 is 2.48 bits per heavy atom. The van der Waals surface area contributed by atoms with Gasteiger partial charge in [0, 0.05) is 22.7 Å². The fourth-order valence-electron chi connectivity index (χ4n) is 5.46. The molecule has 2 heterocycles. The van der Waals surface area contributed by atoms with Crippen LogP contribution in [0.15, 0.2) is 24.3 Å². The first-order valence-corrected chi connectivity index (χ1v) is 14.1. The van der Waals surface area contributed by atoms with E-state index >= 15 is 0 Å². The van der Waals surface area contributed by atoms with Crippen LogP contribution in [0.25, 0.3) is 0 Å². The first-order valence-electron chi connectivity index (χ1n) is 12.0. The Bertz CT molecular complexity index is 537. The number of thioether (sulfide) groups is 2. The second-order valence-electron chi connectivity index (χ2n) is 9.15. The van der Waals surface area contributed by atoms with Gasteiger partial charge in [-0.05, 0) is 74.9 Å². The van der Waals surface area contributed by atoms with Crippen LogP contribution in [0, 0.1) is 17.8 Å². The largest absolute Gasteiger partial charge is 0.481 e. The van der Waals surface area contributed by atoms with Crippen molar-refractivity contribution < 1.29 is 9.90 Å². The molecule has 0 aromatic carbocycles. The molecule has 0 aromatic rings. The Morgan fingerprint density at radius 2 is 1.72 bits per heavy atom. The molecule has 4 heteroatoms. The lowest BCUT2D eigenvalue weighted by atomic mass is 9.76. The van der Waals surface area contributed by atoms with Gasteiger partial charge in [-0.2, -0.15) is 23.5 Å². The third kappa shape index (κ3) is 8.01. The number of aliphatic carboxylic acids is 1. The number of carboxylic acids is 1. The van der Waals surface area contributed by atoms with Gasteiger partial charge in [-0.25, -0.2) is 0 Å². The lowest BCUT2D eigenvalue weighted by Gasteiger charge is -2.29. The van der Waals surface area contributed by atoms with Gasteiger partial charge in [0.15, 0.2) is 0 Å². The molecule has 3 aliphatic rings. The van der Waals surface area contributed by atoms with E-state index in [1.54, 1.807) is 0 Å². The molecule has 0 radical (unpaired) electrons. The minimum atomic E-state index is -0.676. The van der Waals surface area contributed by atoms with Gasteiger partial charge in [-0.1, -0.05) is 50.0 Å². The third-order valence-corrected chi connectivity index (χ3v) is 9.87. The Labute approximate surface area is 186 Å². The summed E-state index contributed by atoms with van der Waals surface area (Å²) in [6.07, 6.45) is 25.5. The van der Waals surface area contributed by atoms with E-state index in [9.17, 15) is 4.79 Å². The summed E-state index contributed by atoms with van der Waals surface area (Å²) in [5.41, 5.74) is 0. The standard InChI is InChI=1S/C25H40O2S2/c26-25(27)14-8-4-3-7-13-21-22(24-16-15-23(21)29-24)17-19-28-18-9-12-20-10-5-1-2-6-11-20/h3,7,9,12,20-24H,1-2,4-6,8,10-11,13-19H2,(H,26,27)/b7-3-,12-9?/t21-,22+,23-,24+/m1/s1. The molecular weight excluding hydrogens is 396 g/mol. The van der Waals surface area contributed by atoms with Crippen molar-refractivity contribution in [3.8, 4) is 0 Å². The number of carbonyl (C=O) groups is 1. The van der Waals surface area contributed by atoms with Gasteiger partial charge in [-0.15, -0.1) is 0 Å². The maximum absolute atomic E-state index is 10.6. The molecule has 2 bridgehead atoms. The molecule has 1 aliphatic carbocycles. The van der Waals surface area contributed by atoms with Gasteiger partial charge >= 0.3 is 5.97 Å². The van der Waals surface area contributed by atoms with Gasteiger partial charge in [0.05, 0.1) is 0 Å². The fraction of sp³-hybridized carbons (Fsp3) is 0.800. The molecule has 3 fully saturated rings. The van der Waals surface area contributed by atoms with Crippen LogP contribution in [-0.4, -0.2) is 33.1 Å². The third-order valence-electron chi connectivity index (χ3n) is 7.04. The summed E-state index contributed by atoms with van der Waals surface area (Å²) in [5.74, 6) is 4.44. The second-order valence-corrected chi connectivity index (χ2v) is 11.8. The number of allylic oxidation sites excluding steroid dienone is 3. The second kappa shape index (κ2) is 13.1. The van der Waals surface area contributed by atoms with Gasteiger partial charge in [0.25, 0.3) is 0 Å². The average Bonchev–Trinajstić information content (AvgIpc) is 3.20. The van der Waals surface area contributed by atoms with Crippen LogP contribution < -0.4 is 0 Å². The lowest BCUT2D eigenvalue weighted by Crippen LogP contribution is -2.27. The number of rotatable bonds is 12. The van der Waals surface area contributed by atoms with E-state index < -0.39 is 5.97 Å². The van der Waals surface area contributed by atoms with Crippen LogP contribution in [0.3, 0.4) is 0 Å². The topological polar surface area (TPSA) is 37.3 Å². The fourth-order valence-corrected chi connectivity index (χ4v) is 8.36. The molecule has 0 amide bonds. The van der Waals surface area contributed by atoms with Crippen LogP contribution in [0.1, 0.15) is 83.5 Å². The zero-order chi connectivity index (χ0) is 20.3. The van der Waals surface area contributed by atoms with E-state index in [1.807, 2.05) is 0 Å². The van der Waals surface area contributed by atoms with Crippen molar-refractivity contribution in [1.29, 1.82) is 0 Å². The van der Waals surface area contributed by atoms with Gasteiger partial charge in [-0.3, -0.25) is 4.79 Å². The summed E-state index contributed by atoms with van der Waals surface area (Å²) in [5, 5.41) is 10.5. The van der Waals surface area contributed by atoms with E-state index in [-0.39, 0.29) is 0 Å². The highest BCUT2D eigenvalue weighted by Gasteiger charge is 2.46. The van der Waals surface area contributed by atoms with Crippen molar-refractivity contribution in [2.45, 2.75) is 94.0 Å². The SMILES string of the molecule is O=C(O)CCC/C=C\C[C@@H]1[C@H](CCSCC=CC2CCCCCC2)[C@@H]2CC[C@H]1S2. The molecule has 3 rings (SSSR count). The Hall–Kier alpha value is -0.350. The number of hydrogen-bond acceptors (Lipinski definition) is 3. The van der Waals surface area contributed by atoms with Crippen molar-refractivity contribution in [2.24, 2.45) is 17.8 Å². The molecule has 1 saturated carbocycles. The quantitative estimate of drug-likeness (QED) is 0.197. The molecule has 4 atom stereocenters. The first kappa shape index (κ1) is 23.3. The van der Waals surface area contributed by atoms with Gasteiger partial charge in [0.1, 0.15) is 0 Å². The zero-order valence-corrected chi connectivity index (χ0v) is 19.6. The van der Waals surface area contributed by atoms with Crippen LogP contribution >= 0.6 is 23.5 Å². The highest BCUT2D eigenvalue weighted by atomic mass is 32.2. The molecule has 2 aliphatic heterocycles. The summed E-state index contributed by atoms with van der Waals surface area (Å²) in [6, 6.07) is 0. The molecule has 164 valence electrons. The van der Waals surface area contributed by atoms with E-state index in [4.69, 9.17) is 5.11 Å². The number of unbranched alkanes of at least 4 members (excludes halogenated alkanes) is 1. The summed E-state index contributed by atoms with van der Waals surface area (Å²) >= 11 is 4.41. The molecule has 2 saturated heterocycles. The molecule has 29 heavy (non-hydrogen) atoms. The van der Waals surface area contributed by atoms with E-state index in [2.05, 4.69) is 47.8 Å². The van der Waals surface area contributed by atoms with Crippen LogP contribution in [-0.2, 0) is 4.79 Å². The highest BCUT2D eigenvalue weighted by Crippen LogP contribution is 2.55. The smallest absolute Gasteiger partial charge is 0.303 e. The summed E-state index contributed by atoms with van der Waals surface area (Å²) in [7, 11) is 0. The van der Waals surface area contributed by atoms with Gasteiger partial charge in [0.2, 0.25) is 0 Å². The minimum Gasteiger partial charge on any atom is -0.481 e. The summed E-state index contributed by atoms with van der Waals surface area (Å²) in [4.78, 5) is 10.6. The first-order chi connectivity index (χ1) is 14.2. The Morgan fingerprint density at radius 1 is 0.966 bits per heavy atom. The Kier molecular flexibility index (Phi) is 10.6. The molecule has 0 spiro atoms. The predicted octanol–water partition coefficient (Wildman–Crippen LogP) is 7.35. The van der Waals surface area contributed by atoms with Crippen molar-refractivity contribution in [3.63, 3.8) is 0 Å². The van der Waals surface area contributed by atoms with Crippen LogP contribution in [0.2, 0.25) is 0 Å². The van der Waals surface area contributed by atoms with Crippen molar-refractivity contribution in [2.75, 3.05) is 11.5 Å². The van der Waals surface area contributed by atoms with E-state index in [0.717, 1.165) is 41.1 Å². The molecule has 1 N–H and O–H groups in total. The molecular formula is C25H40O2S2. The molecule has 0 unspecified atom stereocenters. The summed E-state index contributed by atoms with van der Waals surface area (Å²) in [6.45, 7) is 0. The number of carboxylic acid groups (broad SMARTS) is 1.